The van der Waals surface area contributed by atoms with Gasteiger partial charge in [-0.25, -0.2) is 0 Å². The molecule has 0 aliphatic carbocycles. The van der Waals surface area contributed by atoms with Crippen molar-refractivity contribution in [3.8, 4) is 17.2 Å². The van der Waals surface area contributed by atoms with E-state index in [0.29, 0.717) is 13.4 Å². The molecule has 0 unspecified atom stereocenters. The normalized spacial score (nSPS) is 21.4. The van der Waals surface area contributed by atoms with Gasteiger partial charge in [-0.1, -0.05) is 25.5 Å². The van der Waals surface area contributed by atoms with Gasteiger partial charge in [0.1, 0.15) is 57.7 Å². The fourth-order valence-corrected chi connectivity index (χ4v) is 4.30. The van der Waals surface area contributed by atoms with E-state index < -0.39 is 6.10 Å². The van der Waals surface area contributed by atoms with Crippen LogP contribution in [0.1, 0.15) is 24.5 Å². The van der Waals surface area contributed by atoms with Crippen LogP contribution in [0.25, 0.3) is 0 Å². The van der Waals surface area contributed by atoms with E-state index in [1.807, 2.05) is 18.2 Å². The molecule has 0 bridgehead atoms. The Labute approximate surface area is 179 Å². The Bertz CT molecular complexity index is 803. The third-order valence-electron chi connectivity index (χ3n) is 5.98. The van der Waals surface area contributed by atoms with Crippen LogP contribution in [0.2, 0.25) is 0 Å². The molecular formula is C24H34N2O4+2. The molecule has 2 aliphatic heterocycles. The lowest BCUT2D eigenvalue weighted by molar-refractivity contribution is -1.02. The van der Waals surface area contributed by atoms with Crippen molar-refractivity contribution in [2.24, 2.45) is 0 Å². The van der Waals surface area contributed by atoms with Gasteiger partial charge in [-0.3, -0.25) is 0 Å². The van der Waals surface area contributed by atoms with Crippen LogP contribution in [0, 0.1) is 0 Å². The Morgan fingerprint density at radius 3 is 2.40 bits per heavy atom. The Morgan fingerprint density at radius 2 is 1.63 bits per heavy atom. The highest BCUT2D eigenvalue weighted by Crippen LogP contribution is 2.32. The topological polar surface area (TPSA) is 56.8 Å². The fraction of sp³-hybridized carbons (Fsp3) is 0.500. The largest absolute Gasteiger partial charge is 0.491 e. The molecule has 2 heterocycles. The maximum Gasteiger partial charge on any atom is 0.231 e. The number of piperazine rings is 1. The number of aryl methyl sites for hydroxylation is 1. The summed E-state index contributed by atoms with van der Waals surface area (Å²) >= 11 is 0. The Hall–Kier alpha value is -2.28. The summed E-state index contributed by atoms with van der Waals surface area (Å²) < 4.78 is 16.7. The van der Waals surface area contributed by atoms with Gasteiger partial charge >= 0.3 is 0 Å². The lowest BCUT2D eigenvalue weighted by Gasteiger charge is -2.30. The molecule has 0 aromatic heterocycles. The average Bonchev–Trinajstić information content (AvgIpc) is 3.23. The maximum atomic E-state index is 10.4. The molecule has 1 atom stereocenters. The molecule has 4 rings (SSSR count). The number of fused-ring (bicyclic) bond motifs is 1. The molecule has 2 aliphatic rings. The first-order chi connectivity index (χ1) is 14.7. The molecular weight excluding hydrogens is 380 g/mol. The second-order valence-electron chi connectivity index (χ2n) is 8.43. The minimum atomic E-state index is -0.439. The quantitative estimate of drug-likeness (QED) is 0.545. The van der Waals surface area contributed by atoms with Gasteiger partial charge in [-0.15, -0.1) is 0 Å². The monoisotopic (exact) mass is 414 g/mol. The standard InChI is InChI=1S/C24H32N2O4/c1-2-3-19-4-7-22(8-5-19)28-17-21(27)16-26-12-10-25(11-13-26)15-20-6-9-23-24(14-20)30-18-29-23/h4-9,14,21,27H,2-3,10-13,15-18H2,1H3/p+2/t21-/m0/s1. The highest BCUT2D eigenvalue weighted by atomic mass is 16.7. The lowest BCUT2D eigenvalue weighted by Crippen LogP contribution is -3.28. The van der Waals surface area contributed by atoms with E-state index in [-0.39, 0.29) is 0 Å². The minimum absolute atomic E-state index is 0.323. The van der Waals surface area contributed by atoms with Crippen LogP contribution >= 0.6 is 0 Å². The predicted octanol–water partition coefficient (Wildman–Crippen LogP) is 0.0911. The van der Waals surface area contributed by atoms with Gasteiger partial charge in [-0.05, 0) is 42.3 Å². The number of quaternary nitrogens is 2. The SMILES string of the molecule is CCCc1ccc(OC[C@@H](O)C[NH+]2CC[NH+](Cc3ccc4c(c3)OCO4)CC2)cc1. The molecule has 0 spiro atoms. The zero-order valence-corrected chi connectivity index (χ0v) is 17.9. The van der Waals surface area contributed by atoms with Gasteiger partial charge in [-0.2, -0.15) is 0 Å². The summed E-state index contributed by atoms with van der Waals surface area (Å²) in [4.78, 5) is 3.04. The van der Waals surface area contributed by atoms with Crippen LogP contribution in [0.4, 0.5) is 0 Å². The number of hydrogen-bond acceptors (Lipinski definition) is 4. The number of aliphatic hydroxyl groups excluding tert-OH is 1. The van der Waals surface area contributed by atoms with E-state index in [1.165, 1.54) is 16.0 Å². The summed E-state index contributed by atoms with van der Waals surface area (Å²) in [6, 6.07) is 14.5. The summed E-state index contributed by atoms with van der Waals surface area (Å²) in [5, 5.41) is 10.4. The van der Waals surface area contributed by atoms with Crippen molar-refractivity contribution in [3.05, 3.63) is 53.6 Å². The van der Waals surface area contributed by atoms with Gasteiger partial charge in [0, 0.05) is 5.56 Å². The molecule has 6 heteroatoms. The number of ether oxygens (including phenoxy) is 3. The van der Waals surface area contributed by atoms with Gasteiger partial charge in [0.2, 0.25) is 6.79 Å². The molecule has 1 fully saturated rings. The van der Waals surface area contributed by atoms with Crippen molar-refractivity contribution in [1.29, 1.82) is 0 Å². The Morgan fingerprint density at radius 1 is 0.933 bits per heavy atom. The van der Waals surface area contributed by atoms with E-state index in [1.54, 1.807) is 4.90 Å². The minimum Gasteiger partial charge on any atom is -0.491 e. The van der Waals surface area contributed by atoms with Gasteiger partial charge in [0.05, 0.1) is 0 Å². The highest BCUT2D eigenvalue weighted by molar-refractivity contribution is 5.44. The zero-order chi connectivity index (χ0) is 20.8. The van der Waals surface area contributed by atoms with E-state index in [9.17, 15) is 5.11 Å². The summed E-state index contributed by atoms with van der Waals surface area (Å²) in [5.41, 5.74) is 2.62. The van der Waals surface area contributed by atoms with Crippen molar-refractivity contribution >= 4 is 0 Å². The number of rotatable bonds is 9. The second-order valence-corrected chi connectivity index (χ2v) is 8.43. The first kappa shape index (κ1) is 21.0. The van der Waals surface area contributed by atoms with E-state index in [0.717, 1.165) is 69.4 Å². The summed E-state index contributed by atoms with van der Waals surface area (Å²) in [6.07, 6.45) is 1.80. The summed E-state index contributed by atoms with van der Waals surface area (Å²) in [6.45, 7) is 8.96. The van der Waals surface area contributed by atoms with Crippen molar-refractivity contribution < 1.29 is 29.1 Å². The smallest absolute Gasteiger partial charge is 0.231 e. The van der Waals surface area contributed by atoms with Gasteiger partial charge in [0.25, 0.3) is 0 Å². The fourth-order valence-electron chi connectivity index (χ4n) is 4.30. The van der Waals surface area contributed by atoms with Crippen molar-refractivity contribution in [1.82, 2.24) is 0 Å². The van der Waals surface area contributed by atoms with Crippen LogP contribution in [-0.4, -0.2) is 57.3 Å². The van der Waals surface area contributed by atoms with Crippen LogP contribution in [0.15, 0.2) is 42.5 Å². The van der Waals surface area contributed by atoms with Crippen LogP contribution in [-0.2, 0) is 13.0 Å². The summed E-state index contributed by atoms with van der Waals surface area (Å²) in [5.74, 6) is 2.54. The highest BCUT2D eigenvalue weighted by Gasteiger charge is 2.26. The number of nitrogens with one attached hydrogen (secondary N) is 2. The number of benzene rings is 2. The van der Waals surface area contributed by atoms with Crippen LogP contribution in [0.3, 0.4) is 0 Å². The van der Waals surface area contributed by atoms with Gasteiger partial charge in [0.15, 0.2) is 11.5 Å². The number of aliphatic hydroxyl groups is 1. The molecule has 2 aromatic rings. The lowest BCUT2D eigenvalue weighted by atomic mass is 10.1. The van der Waals surface area contributed by atoms with E-state index in [2.05, 4.69) is 31.2 Å². The molecule has 0 saturated carbocycles. The molecule has 0 radical (unpaired) electrons. The average molecular weight is 415 g/mol. The molecule has 2 aromatic carbocycles. The van der Waals surface area contributed by atoms with Crippen molar-refractivity contribution in [2.75, 3.05) is 46.1 Å². The maximum absolute atomic E-state index is 10.4. The first-order valence-electron chi connectivity index (χ1n) is 11.1. The second kappa shape index (κ2) is 10.2. The molecule has 3 N–H and O–H groups in total. The molecule has 0 amide bonds. The third kappa shape index (κ3) is 5.65. The first-order valence-corrected chi connectivity index (χ1v) is 11.1. The van der Waals surface area contributed by atoms with Crippen LogP contribution < -0.4 is 24.0 Å². The van der Waals surface area contributed by atoms with E-state index >= 15 is 0 Å². The Balaban J connectivity index is 1.16. The zero-order valence-electron chi connectivity index (χ0n) is 17.9. The third-order valence-corrected chi connectivity index (χ3v) is 5.98. The molecule has 30 heavy (non-hydrogen) atoms. The summed E-state index contributed by atoms with van der Waals surface area (Å²) in [7, 11) is 0. The van der Waals surface area contributed by atoms with Crippen molar-refractivity contribution in [2.45, 2.75) is 32.4 Å². The van der Waals surface area contributed by atoms with Crippen LogP contribution in [0.5, 0.6) is 17.2 Å². The van der Waals surface area contributed by atoms with E-state index in [4.69, 9.17) is 14.2 Å². The molecule has 1 saturated heterocycles. The van der Waals surface area contributed by atoms with Crippen molar-refractivity contribution in [3.63, 3.8) is 0 Å². The molecule has 6 nitrogen and oxygen atoms in total. The Kier molecular flexibility index (Phi) is 7.10. The number of hydrogen-bond donors (Lipinski definition) is 3. The molecule has 162 valence electrons. The van der Waals surface area contributed by atoms with Gasteiger partial charge < -0.3 is 29.1 Å². The predicted molar refractivity (Wildman–Crippen MR) is 114 cm³/mol.